The minimum atomic E-state index is -0.731. The highest BCUT2D eigenvalue weighted by Gasteiger charge is 2.45. The zero-order valence-corrected chi connectivity index (χ0v) is 15.3. The molecule has 2 atom stereocenters. The maximum Gasteiger partial charge on any atom is 0.306 e. The lowest BCUT2D eigenvalue weighted by atomic mass is 9.67. The predicted molar refractivity (Wildman–Crippen MR) is 97.4 cm³/mol. The van der Waals surface area contributed by atoms with Gasteiger partial charge in [0.05, 0.1) is 11.3 Å². The van der Waals surface area contributed by atoms with Gasteiger partial charge in [-0.05, 0) is 37.7 Å². The summed E-state index contributed by atoms with van der Waals surface area (Å²) < 4.78 is 0. The molecule has 1 saturated carbocycles. The number of aryl methyl sites for hydroxylation is 1. The number of nitrogens with zero attached hydrogens (tertiary/aromatic N) is 1. The lowest BCUT2D eigenvalue weighted by molar-refractivity contribution is -0.150. The van der Waals surface area contributed by atoms with Crippen LogP contribution in [0.4, 0.5) is 0 Å². The standard InChI is InChI=1S/C21H29NO3/c1-15-7-6-8-17(13-15)21(10-4-3-5-11-21)20(25)22-12-9-18(19(23)24)16(2)14-22/h6-8,13,16,18H,3-5,9-12,14H2,1-2H3,(H,23,24). The van der Waals surface area contributed by atoms with Crippen molar-refractivity contribution >= 4 is 11.9 Å². The molecule has 25 heavy (non-hydrogen) atoms. The Labute approximate surface area is 150 Å². The number of hydrogen-bond donors (Lipinski definition) is 1. The number of aliphatic carboxylic acids is 1. The van der Waals surface area contributed by atoms with Gasteiger partial charge in [0.2, 0.25) is 5.91 Å². The SMILES string of the molecule is Cc1cccc(C2(C(=O)N3CCC(C(=O)O)C(C)C3)CCCCC2)c1. The summed E-state index contributed by atoms with van der Waals surface area (Å²) in [5, 5.41) is 9.34. The number of carboxylic acids is 1. The Morgan fingerprint density at radius 1 is 1.20 bits per heavy atom. The third-order valence-electron chi connectivity index (χ3n) is 6.20. The molecule has 0 aromatic heterocycles. The van der Waals surface area contributed by atoms with Crippen LogP contribution in [-0.2, 0) is 15.0 Å². The van der Waals surface area contributed by atoms with E-state index in [-0.39, 0.29) is 17.7 Å². The Morgan fingerprint density at radius 2 is 1.92 bits per heavy atom. The summed E-state index contributed by atoms with van der Waals surface area (Å²) in [6, 6.07) is 8.39. The van der Waals surface area contributed by atoms with E-state index in [1.165, 1.54) is 12.0 Å². The molecule has 2 unspecified atom stereocenters. The Morgan fingerprint density at radius 3 is 2.52 bits per heavy atom. The second-order valence-electron chi connectivity index (χ2n) is 7.97. The van der Waals surface area contributed by atoms with Gasteiger partial charge in [-0.2, -0.15) is 0 Å². The molecule has 4 heteroatoms. The van der Waals surface area contributed by atoms with Gasteiger partial charge >= 0.3 is 5.97 Å². The minimum absolute atomic E-state index is 0.00773. The number of rotatable bonds is 3. The Balaban J connectivity index is 1.87. The van der Waals surface area contributed by atoms with Gasteiger partial charge in [-0.3, -0.25) is 9.59 Å². The summed E-state index contributed by atoms with van der Waals surface area (Å²) in [6.45, 7) is 5.15. The topological polar surface area (TPSA) is 57.6 Å². The molecule has 1 aliphatic heterocycles. The van der Waals surface area contributed by atoms with E-state index in [0.29, 0.717) is 19.5 Å². The predicted octanol–water partition coefficient (Wildman–Crippen LogP) is 3.77. The zero-order valence-electron chi connectivity index (χ0n) is 15.3. The fourth-order valence-corrected chi connectivity index (χ4v) is 4.72. The number of benzene rings is 1. The van der Waals surface area contributed by atoms with Crippen molar-refractivity contribution in [3.8, 4) is 0 Å². The van der Waals surface area contributed by atoms with Crippen molar-refractivity contribution in [3.05, 3.63) is 35.4 Å². The number of carbonyl (C=O) groups is 2. The van der Waals surface area contributed by atoms with Gasteiger partial charge in [-0.25, -0.2) is 0 Å². The van der Waals surface area contributed by atoms with E-state index in [1.54, 1.807) is 0 Å². The first kappa shape index (κ1) is 18.0. The van der Waals surface area contributed by atoms with Crippen LogP contribution in [0.1, 0.15) is 56.6 Å². The van der Waals surface area contributed by atoms with Crippen molar-refractivity contribution in [2.24, 2.45) is 11.8 Å². The molecule has 1 aliphatic carbocycles. The largest absolute Gasteiger partial charge is 0.481 e. The number of carboxylic acid groups (broad SMARTS) is 1. The lowest BCUT2D eigenvalue weighted by Crippen LogP contribution is -2.53. The first-order valence-electron chi connectivity index (χ1n) is 9.53. The Bertz CT molecular complexity index is 648. The van der Waals surface area contributed by atoms with E-state index in [4.69, 9.17) is 0 Å². The molecule has 1 N–H and O–H groups in total. The second kappa shape index (κ2) is 7.19. The fraction of sp³-hybridized carbons (Fsp3) is 0.619. The lowest BCUT2D eigenvalue weighted by Gasteiger charge is -2.43. The van der Waals surface area contributed by atoms with Crippen LogP contribution >= 0.6 is 0 Å². The van der Waals surface area contributed by atoms with Gasteiger partial charge < -0.3 is 10.0 Å². The molecule has 1 aromatic rings. The maximum absolute atomic E-state index is 13.6. The molecule has 0 bridgehead atoms. The first-order chi connectivity index (χ1) is 11.9. The van der Waals surface area contributed by atoms with E-state index < -0.39 is 11.4 Å². The Kier molecular flexibility index (Phi) is 5.16. The molecule has 2 fully saturated rings. The van der Waals surface area contributed by atoms with Crippen molar-refractivity contribution in [3.63, 3.8) is 0 Å². The van der Waals surface area contributed by atoms with Gasteiger partial charge in [-0.1, -0.05) is 56.0 Å². The fourth-order valence-electron chi connectivity index (χ4n) is 4.72. The van der Waals surface area contributed by atoms with E-state index in [1.807, 2.05) is 17.9 Å². The van der Waals surface area contributed by atoms with Gasteiger partial charge in [-0.15, -0.1) is 0 Å². The van der Waals surface area contributed by atoms with Gasteiger partial charge in [0.25, 0.3) is 0 Å². The summed E-state index contributed by atoms with van der Waals surface area (Å²) in [6.07, 6.45) is 5.73. The molecule has 0 spiro atoms. The average Bonchev–Trinajstić information content (AvgIpc) is 2.61. The number of carbonyl (C=O) groups excluding carboxylic acids is 1. The van der Waals surface area contributed by atoms with Crippen LogP contribution in [0.3, 0.4) is 0 Å². The number of amides is 1. The Hall–Kier alpha value is -1.84. The average molecular weight is 343 g/mol. The monoisotopic (exact) mass is 343 g/mol. The number of likely N-dealkylation sites (tertiary alicyclic amines) is 1. The molecular formula is C21H29NO3. The van der Waals surface area contributed by atoms with Crippen LogP contribution in [0, 0.1) is 18.8 Å². The number of piperidine rings is 1. The van der Waals surface area contributed by atoms with Crippen LogP contribution in [0.5, 0.6) is 0 Å². The molecule has 0 radical (unpaired) electrons. The van der Waals surface area contributed by atoms with Crippen molar-refractivity contribution in [1.82, 2.24) is 4.90 Å². The van der Waals surface area contributed by atoms with E-state index >= 15 is 0 Å². The third-order valence-corrected chi connectivity index (χ3v) is 6.20. The van der Waals surface area contributed by atoms with E-state index in [9.17, 15) is 14.7 Å². The maximum atomic E-state index is 13.6. The van der Waals surface area contributed by atoms with Gasteiger partial charge in [0.15, 0.2) is 0 Å². The summed E-state index contributed by atoms with van der Waals surface area (Å²) in [5.74, 6) is -0.835. The van der Waals surface area contributed by atoms with Crippen molar-refractivity contribution in [1.29, 1.82) is 0 Å². The summed E-state index contributed by atoms with van der Waals surface area (Å²) in [4.78, 5) is 26.9. The molecule has 1 amide bonds. The second-order valence-corrected chi connectivity index (χ2v) is 7.97. The first-order valence-corrected chi connectivity index (χ1v) is 9.53. The molecule has 1 aromatic carbocycles. The van der Waals surface area contributed by atoms with Crippen LogP contribution in [0.2, 0.25) is 0 Å². The van der Waals surface area contributed by atoms with Gasteiger partial charge in [0.1, 0.15) is 0 Å². The minimum Gasteiger partial charge on any atom is -0.481 e. The summed E-state index contributed by atoms with van der Waals surface area (Å²) in [5.41, 5.74) is 1.92. The molecule has 3 rings (SSSR count). The van der Waals surface area contributed by atoms with Gasteiger partial charge in [0, 0.05) is 13.1 Å². The van der Waals surface area contributed by atoms with Crippen molar-refractivity contribution in [2.75, 3.05) is 13.1 Å². The van der Waals surface area contributed by atoms with Crippen LogP contribution in [0.15, 0.2) is 24.3 Å². The summed E-state index contributed by atoms with van der Waals surface area (Å²) >= 11 is 0. The smallest absolute Gasteiger partial charge is 0.306 e. The molecular weight excluding hydrogens is 314 g/mol. The quantitative estimate of drug-likeness (QED) is 0.909. The highest BCUT2D eigenvalue weighted by molar-refractivity contribution is 5.89. The molecule has 1 heterocycles. The van der Waals surface area contributed by atoms with Crippen LogP contribution in [-0.4, -0.2) is 35.0 Å². The van der Waals surface area contributed by atoms with Crippen molar-refractivity contribution < 1.29 is 14.7 Å². The molecule has 1 saturated heterocycles. The highest BCUT2D eigenvalue weighted by atomic mass is 16.4. The summed E-state index contributed by atoms with van der Waals surface area (Å²) in [7, 11) is 0. The van der Waals surface area contributed by atoms with Crippen LogP contribution in [0.25, 0.3) is 0 Å². The molecule has 4 nitrogen and oxygen atoms in total. The zero-order chi connectivity index (χ0) is 18.0. The van der Waals surface area contributed by atoms with E-state index in [0.717, 1.165) is 31.2 Å². The van der Waals surface area contributed by atoms with Crippen LogP contribution < -0.4 is 0 Å². The molecule has 136 valence electrons. The van der Waals surface area contributed by atoms with E-state index in [2.05, 4.69) is 25.1 Å². The molecule has 2 aliphatic rings. The highest BCUT2D eigenvalue weighted by Crippen LogP contribution is 2.42. The third kappa shape index (κ3) is 3.44. The number of hydrogen-bond acceptors (Lipinski definition) is 2. The normalized spacial score (nSPS) is 26.2. The van der Waals surface area contributed by atoms with Crippen molar-refractivity contribution in [2.45, 2.75) is 57.8 Å².